The van der Waals surface area contributed by atoms with Gasteiger partial charge in [-0.1, -0.05) is 264 Å². The van der Waals surface area contributed by atoms with Crippen molar-refractivity contribution in [2.45, 2.75) is 315 Å². The topological polar surface area (TPSA) is 95.9 Å². The van der Waals surface area contributed by atoms with Gasteiger partial charge in [-0.05, 0) is 25.7 Å². The number of carbonyl (C=O) groups excluding carboxylic acids is 2. The largest absolute Gasteiger partial charge is 0.466 e. The summed E-state index contributed by atoms with van der Waals surface area (Å²) in [5.74, 6) is -0.0427. The number of hydrogen-bond acceptors (Lipinski definition) is 5. The first-order chi connectivity index (χ1) is 29.0. The molecule has 0 radical (unpaired) electrons. The van der Waals surface area contributed by atoms with Crippen LogP contribution in [-0.2, 0) is 14.3 Å². The van der Waals surface area contributed by atoms with Crippen molar-refractivity contribution in [3.63, 3.8) is 0 Å². The van der Waals surface area contributed by atoms with Crippen molar-refractivity contribution in [3.8, 4) is 0 Å². The van der Waals surface area contributed by atoms with E-state index < -0.39 is 12.1 Å². The Labute approximate surface area is 368 Å². The Morgan fingerprint density at radius 1 is 0.407 bits per heavy atom. The number of carbonyl (C=O) groups is 2. The summed E-state index contributed by atoms with van der Waals surface area (Å²) in [6.45, 7) is 4.95. The van der Waals surface area contributed by atoms with Crippen molar-refractivity contribution < 1.29 is 24.5 Å². The number of amides is 1. The van der Waals surface area contributed by atoms with Crippen LogP contribution in [0.1, 0.15) is 303 Å². The standard InChI is InChI=1S/C53H105NO5/c1-3-5-7-9-11-13-15-17-21-25-29-33-37-41-45-51(56)50(49-55)54-52(57)46-42-38-34-30-26-22-19-20-24-28-32-36-40-44-48-59-53(58)47-43-39-35-31-27-23-18-16-14-12-10-8-6-4-2/h50-51,55-56H,3-49H2,1-2H3,(H,54,57). The molecule has 0 aromatic heterocycles. The van der Waals surface area contributed by atoms with Crippen LogP contribution in [0.2, 0.25) is 0 Å². The number of ether oxygens (including phenoxy) is 1. The Morgan fingerprint density at radius 2 is 0.695 bits per heavy atom. The summed E-state index contributed by atoms with van der Waals surface area (Å²) in [7, 11) is 0. The summed E-state index contributed by atoms with van der Waals surface area (Å²) >= 11 is 0. The Morgan fingerprint density at radius 3 is 1.03 bits per heavy atom. The zero-order valence-corrected chi connectivity index (χ0v) is 40.0. The molecular weight excluding hydrogens is 731 g/mol. The highest BCUT2D eigenvalue weighted by atomic mass is 16.5. The van der Waals surface area contributed by atoms with Gasteiger partial charge in [0, 0.05) is 12.8 Å². The molecule has 0 aliphatic carbocycles. The van der Waals surface area contributed by atoms with Crippen LogP contribution in [0.25, 0.3) is 0 Å². The number of esters is 1. The van der Waals surface area contributed by atoms with Gasteiger partial charge >= 0.3 is 5.97 Å². The quantitative estimate of drug-likeness (QED) is 0.0419. The smallest absolute Gasteiger partial charge is 0.305 e. The summed E-state index contributed by atoms with van der Waals surface area (Å²) in [6.07, 6.45) is 55.0. The second kappa shape index (κ2) is 49.5. The summed E-state index contributed by atoms with van der Waals surface area (Å²) in [5.41, 5.74) is 0. The van der Waals surface area contributed by atoms with E-state index in [0.717, 1.165) is 51.4 Å². The lowest BCUT2D eigenvalue weighted by Crippen LogP contribution is -2.45. The van der Waals surface area contributed by atoms with Crippen LogP contribution in [0.15, 0.2) is 0 Å². The van der Waals surface area contributed by atoms with Gasteiger partial charge in [-0.15, -0.1) is 0 Å². The normalized spacial score (nSPS) is 12.5. The number of rotatable bonds is 50. The first-order valence-corrected chi connectivity index (χ1v) is 26.8. The van der Waals surface area contributed by atoms with Crippen LogP contribution < -0.4 is 5.32 Å². The average molecular weight is 836 g/mol. The van der Waals surface area contributed by atoms with Gasteiger partial charge in [-0.25, -0.2) is 0 Å². The lowest BCUT2D eigenvalue weighted by atomic mass is 10.0. The number of aliphatic hydroxyl groups excluding tert-OH is 2. The summed E-state index contributed by atoms with van der Waals surface area (Å²) in [4.78, 5) is 24.5. The molecule has 1 amide bonds. The van der Waals surface area contributed by atoms with Crippen molar-refractivity contribution >= 4 is 11.9 Å². The Kier molecular flexibility index (Phi) is 48.6. The van der Waals surface area contributed by atoms with Crippen LogP contribution in [0.5, 0.6) is 0 Å². The monoisotopic (exact) mass is 836 g/mol. The van der Waals surface area contributed by atoms with E-state index in [2.05, 4.69) is 19.2 Å². The minimum atomic E-state index is -0.669. The molecule has 352 valence electrons. The fourth-order valence-corrected chi connectivity index (χ4v) is 8.52. The average Bonchev–Trinajstić information content (AvgIpc) is 3.24. The van der Waals surface area contributed by atoms with E-state index in [1.165, 1.54) is 218 Å². The zero-order chi connectivity index (χ0) is 43.0. The Bertz CT molecular complexity index is 837. The second-order valence-electron chi connectivity index (χ2n) is 18.6. The minimum Gasteiger partial charge on any atom is -0.466 e. The summed E-state index contributed by atoms with van der Waals surface area (Å²) in [6, 6.07) is -0.547. The molecule has 0 aliphatic heterocycles. The predicted octanol–water partition coefficient (Wildman–Crippen LogP) is 16.0. The maximum Gasteiger partial charge on any atom is 0.305 e. The van der Waals surface area contributed by atoms with Gasteiger partial charge in [0.05, 0.1) is 25.4 Å². The van der Waals surface area contributed by atoms with Gasteiger partial charge in [0.1, 0.15) is 0 Å². The highest BCUT2D eigenvalue weighted by Gasteiger charge is 2.20. The van der Waals surface area contributed by atoms with Gasteiger partial charge in [-0.3, -0.25) is 9.59 Å². The Balaban J connectivity index is 3.42. The fraction of sp³-hybridized carbons (Fsp3) is 0.962. The molecule has 6 nitrogen and oxygen atoms in total. The number of nitrogens with one attached hydrogen (secondary N) is 1. The van der Waals surface area contributed by atoms with Gasteiger partial charge in [-0.2, -0.15) is 0 Å². The summed E-state index contributed by atoms with van der Waals surface area (Å²) < 4.78 is 5.47. The molecular formula is C53H105NO5. The molecule has 0 bridgehead atoms. The lowest BCUT2D eigenvalue weighted by Gasteiger charge is -2.22. The maximum absolute atomic E-state index is 12.4. The molecule has 0 aliphatic rings. The van der Waals surface area contributed by atoms with Crippen LogP contribution in [0.3, 0.4) is 0 Å². The highest BCUT2D eigenvalue weighted by molar-refractivity contribution is 5.76. The van der Waals surface area contributed by atoms with E-state index in [9.17, 15) is 19.8 Å². The van der Waals surface area contributed by atoms with Gasteiger partial charge < -0.3 is 20.3 Å². The molecule has 2 atom stereocenters. The van der Waals surface area contributed by atoms with Crippen molar-refractivity contribution in [1.82, 2.24) is 5.32 Å². The molecule has 3 N–H and O–H groups in total. The molecule has 2 unspecified atom stereocenters. The van der Waals surface area contributed by atoms with E-state index >= 15 is 0 Å². The van der Waals surface area contributed by atoms with Gasteiger partial charge in [0.25, 0.3) is 0 Å². The minimum absolute atomic E-state index is 0.000774. The van der Waals surface area contributed by atoms with Crippen molar-refractivity contribution in [1.29, 1.82) is 0 Å². The first kappa shape index (κ1) is 57.9. The second-order valence-corrected chi connectivity index (χ2v) is 18.6. The van der Waals surface area contributed by atoms with Crippen molar-refractivity contribution in [2.75, 3.05) is 13.2 Å². The van der Waals surface area contributed by atoms with E-state index in [-0.39, 0.29) is 18.5 Å². The number of unbranched alkanes of at least 4 members (excludes halogenated alkanes) is 39. The van der Waals surface area contributed by atoms with E-state index in [1.54, 1.807) is 0 Å². The fourth-order valence-electron chi connectivity index (χ4n) is 8.52. The van der Waals surface area contributed by atoms with E-state index in [4.69, 9.17) is 4.74 Å². The highest BCUT2D eigenvalue weighted by Crippen LogP contribution is 2.17. The molecule has 0 spiro atoms. The van der Waals surface area contributed by atoms with Crippen LogP contribution in [0.4, 0.5) is 0 Å². The third-order valence-corrected chi connectivity index (χ3v) is 12.7. The Hall–Kier alpha value is -1.14. The molecule has 0 saturated carbocycles. The van der Waals surface area contributed by atoms with Crippen molar-refractivity contribution in [3.05, 3.63) is 0 Å². The lowest BCUT2D eigenvalue weighted by molar-refractivity contribution is -0.143. The zero-order valence-electron chi connectivity index (χ0n) is 40.0. The molecule has 0 aromatic carbocycles. The predicted molar refractivity (Wildman–Crippen MR) is 255 cm³/mol. The van der Waals surface area contributed by atoms with E-state index in [0.29, 0.717) is 25.9 Å². The molecule has 0 aromatic rings. The SMILES string of the molecule is CCCCCCCCCCCCCCCCC(=O)OCCCCCCCCCCCCCCCCC(=O)NC(CO)C(O)CCCCCCCCCCCCCCCC. The molecule has 0 rings (SSSR count). The molecule has 6 heteroatoms. The number of aliphatic hydroxyl groups is 2. The third kappa shape index (κ3) is 46.2. The summed E-state index contributed by atoms with van der Waals surface area (Å²) in [5, 5.41) is 23.2. The van der Waals surface area contributed by atoms with Gasteiger partial charge in [0.15, 0.2) is 0 Å². The molecule has 59 heavy (non-hydrogen) atoms. The van der Waals surface area contributed by atoms with Crippen LogP contribution in [0, 0.1) is 0 Å². The number of hydrogen-bond donors (Lipinski definition) is 3. The van der Waals surface area contributed by atoms with Crippen LogP contribution in [-0.4, -0.2) is 47.4 Å². The molecule has 0 saturated heterocycles. The molecule has 0 heterocycles. The third-order valence-electron chi connectivity index (χ3n) is 12.7. The van der Waals surface area contributed by atoms with Crippen molar-refractivity contribution in [2.24, 2.45) is 0 Å². The molecule has 0 fully saturated rings. The van der Waals surface area contributed by atoms with Crippen LogP contribution >= 0.6 is 0 Å². The maximum atomic E-state index is 12.4. The first-order valence-electron chi connectivity index (χ1n) is 26.8. The van der Waals surface area contributed by atoms with Gasteiger partial charge in [0.2, 0.25) is 5.91 Å². The van der Waals surface area contributed by atoms with E-state index in [1.807, 2.05) is 0 Å².